The zero-order chi connectivity index (χ0) is 13.3. The zero-order valence-electron chi connectivity index (χ0n) is 10.6. The first-order valence-corrected chi connectivity index (χ1v) is 7.30. The fraction of sp³-hybridized carbons (Fsp3) is 0.385. The van der Waals surface area contributed by atoms with Gasteiger partial charge in [0, 0.05) is 11.6 Å². The van der Waals surface area contributed by atoms with Gasteiger partial charge in [0.2, 0.25) is 0 Å². The number of rotatable bonds is 3. The highest BCUT2D eigenvalue weighted by Gasteiger charge is 2.17. The Kier molecular flexibility index (Phi) is 4.07. The van der Waals surface area contributed by atoms with Crippen molar-refractivity contribution in [2.24, 2.45) is 0 Å². The van der Waals surface area contributed by atoms with Gasteiger partial charge in [-0.3, -0.25) is 0 Å². The molecule has 0 bridgehead atoms. The standard InChI is InChI=1S/C13H15BrClN3/c1-8(2)18-12(7-14)16-17-13(18)10-5-4-9(3)6-11(10)15/h4-6,8H,7H2,1-3H3. The van der Waals surface area contributed by atoms with E-state index in [9.17, 15) is 0 Å². The molecule has 0 unspecified atom stereocenters. The molecule has 0 aliphatic rings. The molecule has 0 saturated heterocycles. The summed E-state index contributed by atoms with van der Waals surface area (Å²) in [6, 6.07) is 6.27. The Morgan fingerprint density at radius 1 is 1.33 bits per heavy atom. The molecule has 96 valence electrons. The van der Waals surface area contributed by atoms with Crippen LogP contribution in [0.25, 0.3) is 11.4 Å². The molecule has 0 aliphatic carbocycles. The summed E-state index contributed by atoms with van der Waals surface area (Å²) in [4.78, 5) is 0. The second-order valence-electron chi connectivity index (χ2n) is 4.52. The highest BCUT2D eigenvalue weighted by Crippen LogP contribution is 2.30. The van der Waals surface area contributed by atoms with Crippen molar-refractivity contribution in [3.63, 3.8) is 0 Å². The van der Waals surface area contributed by atoms with Crippen LogP contribution in [0.5, 0.6) is 0 Å². The summed E-state index contributed by atoms with van der Waals surface area (Å²) in [5.41, 5.74) is 2.07. The summed E-state index contributed by atoms with van der Waals surface area (Å²) in [5, 5.41) is 9.87. The van der Waals surface area contributed by atoms with E-state index in [0.29, 0.717) is 16.4 Å². The summed E-state index contributed by atoms with van der Waals surface area (Å²) in [5.74, 6) is 1.74. The van der Waals surface area contributed by atoms with Crippen molar-refractivity contribution in [2.45, 2.75) is 32.1 Å². The van der Waals surface area contributed by atoms with Crippen LogP contribution in [0.15, 0.2) is 18.2 Å². The van der Waals surface area contributed by atoms with Gasteiger partial charge >= 0.3 is 0 Å². The first kappa shape index (κ1) is 13.6. The summed E-state index contributed by atoms with van der Waals surface area (Å²) < 4.78 is 2.10. The number of aryl methyl sites for hydroxylation is 1. The van der Waals surface area contributed by atoms with Crippen molar-refractivity contribution in [1.29, 1.82) is 0 Å². The first-order chi connectivity index (χ1) is 8.54. The number of benzene rings is 1. The number of alkyl halides is 1. The zero-order valence-corrected chi connectivity index (χ0v) is 13.0. The molecule has 5 heteroatoms. The van der Waals surface area contributed by atoms with Gasteiger partial charge in [-0.1, -0.05) is 33.6 Å². The third kappa shape index (κ3) is 2.45. The molecule has 0 spiro atoms. The Balaban J connectivity index is 2.60. The monoisotopic (exact) mass is 327 g/mol. The van der Waals surface area contributed by atoms with Gasteiger partial charge in [0.05, 0.1) is 10.4 Å². The van der Waals surface area contributed by atoms with Gasteiger partial charge in [0.15, 0.2) is 5.82 Å². The van der Waals surface area contributed by atoms with Gasteiger partial charge in [-0.05, 0) is 38.5 Å². The van der Waals surface area contributed by atoms with Gasteiger partial charge < -0.3 is 4.57 Å². The van der Waals surface area contributed by atoms with Crippen molar-refractivity contribution in [3.05, 3.63) is 34.6 Å². The Morgan fingerprint density at radius 2 is 2.06 bits per heavy atom. The molecular formula is C13H15BrClN3. The number of halogens is 2. The Morgan fingerprint density at radius 3 is 2.61 bits per heavy atom. The fourth-order valence-electron chi connectivity index (χ4n) is 1.94. The Labute approximate surface area is 120 Å². The molecule has 0 fully saturated rings. The van der Waals surface area contributed by atoms with Gasteiger partial charge in [0.1, 0.15) is 5.82 Å². The van der Waals surface area contributed by atoms with E-state index >= 15 is 0 Å². The van der Waals surface area contributed by atoms with Crippen LogP contribution in [0.4, 0.5) is 0 Å². The minimum Gasteiger partial charge on any atom is -0.308 e. The summed E-state index contributed by atoms with van der Waals surface area (Å²) in [6.07, 6.45) is 0. The number of hydrogen-bond acceptors (Lipinski definition) is 2. The maximum Gasteiger partial charge on any atom is 0.165 e. The molecule has 1 aromatic carbocycles. The van der Waals surface area contributed by atoms with Crippen LogP contribution in [0, 0.1) is 6.92 Å². The maximum absolute atomic E-state index is 6.30. The van der Waals surface area contributed by atoms with Crippen molar-refractivity contribution in [1.82, 2.24) is 14.8 Å². The lowest BCUT2D eigenvalue weighted by Gasteiger charge is -2.14. The van der Waals surface area contributed by atoms with Crippen LogP contribution in [0.1, 0.15) is 31.3 Å². The van der Waals surface area contributed by atoms with Crippen molar-refractivity contribution in [3.8, 4) is 11.4 Å². The van der Waals surface area contributed by atoms with E-state index in [2.05, 4.69) is 44.5 Å². The Hall–Kier alpha value is -0.870. The molecule has 2 rings (SSSR count). The fourth-order valence-corrected chi connectivity index (χ4v) is 2.64. The molecule has 1 heterocycles. The van der Waals surface area contributed by atoms with Crippen LogP contribution in [-0.2, 0) is 5.33 Å². The molecule has 18 heavy (non-hydrogen) atoms. The topological polar surface area (TPSA) is 30.7 Å². The quantitative estimate of drug-likeness (QED) is 0.783. The van der Waals surface area contributed by atoms with Crippen molar-refractivity contribution < 1.29 is 0 Å². The van der Waals surface area contributed by atoms with Crippen molar-refractivity contribution in [2.75, 3.05) is 0 Å². The minimum atomic E-state index is 0.292. The highest BCUT2D eigenvalue weighted by atomic mass is 79.9. The number of nitrogens with zero attached hydrogens (tertiary/aromatic N) is 3. The summed E-state index contributed by atoms with van der Waals surface area (Å²) >= 11 is 9.74. The lowest BCUT2D eigenvalue weighted by atomic mass is 10.1. The van der Waals surface area contributed by atoms with E-state index in [1.54, 1.807) is 0 Å². The average Bonchev–Trinajstić information content (AvgIpc) is 2.72. The average molecular weight is 329 g/mol. The minimum absolute atomic E-state index is 0.292. The van der Waals surface area contributed by atoms with Crippen LogP contribution >= 0.6 is 27.5 Å². The van der Waals surface area contributed by atoms with Crippen LogP contribution in [0.3, 0.4) is 0 Å². The van der Waals surface area contributed by atoms with E-state index in [-0.39, 0.29) is 0 Å². The lowest BCUT2D eigenvalue weighted by Crippen LogP contribution is -2.07. The van der Waals surface area contributed by atoms with E-state index in [0.717, 1.165) is 22.8 Å². The predicted octanol–water partition coefficient (Wildman–Crippen LogP) is 4.38. The summed E-state index contributed by atoms with van der Waals surface area (Å²) in [7, 11) is 0. The summed E-state index contributed by atoms with van der Waals surface area (Å²) in [6.45, 7) is 6.25. The van der Waals surface area contributed by atoms with Crippen LogP contribution < -0.4 is 0 Å². The molecule has 2 aromatic rings. The maximum atomic E-state index is 6.30. The third-order valence-electron chi connectivity index (χ3n) is 2.77. The SMILES string of the molecule is Cc1ccc(-c2nnc(CBr)n2C(C)C)c(Cl)c1. The van der Waals surface area contributed by atoms with Crippen LogP contribution in [0.2, 0.25) is 5.02 Å². The van der Waals surface area contributed by atoms with E-state index in [4.69, 9.17) is 11.6 Å². The number of aromatic nitrogens is 3. The number of hydrogen-bond donors (Lipinski definition) is 0. The molecule has 0 saturated carbocycles. The molecule has 0 atom stereocenters. The van der Waals surface area contributed by atoms with E-state index in [1.165, 1.54) is 0 Å². The Bertz CT molecular complexity index is 563. The molecule has 0 amide bonds. The molecule has 1 aromatic heterocycles. The van der Waals surface area contributed by atoms with Gasteiger partial charge in [-0.15, -0.1) is 10.2 Å². The van der Waals surface area contributed by atoms with E-state index < -0.39 is 0 Å². The molecule has 0 radical (unpaired) electrons. The molecule has 0 N–H and O–H groups in total. The van der Waals surface area contributed by atoms with Gasteiger partial charge in [0.25, 0.3) is 0 Å². The smallest absolute Gasteiger partial charge is 0.165 e. The largest absolute Gasteiger partial charge is 0.308 e. The van der Waals surface area contributed by atoms with Gasteiger partial charge in [-0.25, -0.2) is 0 Å². The molecule has 0 aliphatic heterocycles. The first-order valence-electron chi connectivity index (χ1n) is 5.81. The second-order valence-corrected chi connectivity index (χ2v) is 5.49. The van der Waals surface area contributed by atoms with Crippen molar-refractivity contribution >= 4 is 27.5 Å². The van der Waals surface area contributed by atoms with Crippen LogP contribution in [-0.4, -0.2) is 14.8 Å². The third-order valence-corrected chi connectivity index (χ3v) is 3.58. The normalized spacial score (nSPS) is 11.2. The van der Waals surface area contributed by atoms with E-state index in [1.807, 2.05) is 25.1 Å². The second kappa shape index (κ2) is 5.41. The molecular weight excluding hydrogens is 314 g/mol. The van der Waals surface area contributed by atoms with Gasteiger partial charge in [-0.2, -0.15) is 0 Å². The highest BCUT2D eigenvalue weighted by molar-refractivity contribution is 9.08. The lowest BCUT2D eigenvalue weighted by molar-refractivity contribution is 0.586. The predicted molar refractivity (Wildman–Crippen MR) is 78.2 cm³/mol. The molecule has 3 nitrogen and oxygen atoms in total.